The Kier molecular flexibility index (Phi) is 8.99. The van der Waals surface area contributed by atoms with Crippen LogP contribution in [-0.4, -0.2) is 26.1 Å². The number of nitrogens with zero attached hydrogens (tertiary/aromatic N) is 1. The third kappa shape index (κ3) is 6.81. The largest absolute Gasteiger partial charge is 0.356 e. The molecule has 1 rings (SSSR count). The molecular weight excluding hydrogens is 337 g/mol. The molecule has 0 saturated heterocycles. The quantitative estimate of drug-likeness (QED) is 0.444. The van der Waals surface area contributed by atoms with Gasteiger partial charge in [0.15, 0.2) is 5.96 Å². The summed E-state index contributed by atoms with van der Waals surface area (Å²) in [6.45, 7) is 8.94. The van der Waals surface area contributed by atoms with Gasteiger partial charge in [0.25, 0.3) is 0 Å². The number of rotatable bonds is 5. The van der Waals surface area contributed by atoms with E-state index in [4.69, 9.17) is 0 Å². The van der Waals surface area contributed by atoms with Gasteiger partial charge in [-0.05, 0) is 30.6 Å². The van der Waals surface area contributed by atoms with E-state index in [0.29, 0.717) is 5.41 Å². The van der Waals surface area contributed by atoms with Crippen LogP contribution in [-0.2, 0) is 0 Å². The van der Waals surface area contributed by atoms with Gasteiger partial charge in [0, 0.05) is 20.1 Å². The lowest BCUT2D eigenvalue weighted by Gasteiger charge is -2.25. The Labute approximate surface area is 130 Å². The molecule has 0 atom stereocenters. The monoisotopic (exact) mass is 367 g/mol. The zero-order chi connectivity index (χ0) is 12.7. The van der Waals surface area contributed by atoms with Crippen molar-refractivity contribution in [2.75, 3.05) is 20.1 Å². The van der Waals surface area contributed by atoms with Gasteiger partial charge in [0.2, 0.25) is 0 Å². The summed E-state index contributed by atoms with van der Waals surface area (Å²) in [5.41, 5.74) is 0.482. The highest BCUT2D eigenvalue weighted by Crippen LogP contribution is 2.36. The van der Waals surface area contributed by atoms with E-state index >= 15 is 0 Å². The molecule has 0 aliphatic heterocycles. The fourth-order valence-electron chi connectivity index (χ4n) is 2.40. The Balaban J connectivity index is 0.00000289. The second-order valence-corrected chi connectivity index (χ2v) is 6.05. The average molecular weight is 367 g/mol. The number of aliphatic imine (C=N–C) groups is 1. The lowest BCUT2D eigenvalue weighted by molar-refractivity contribution is 0.334. The molecular formula is C14H30IN3. The first kappa shape index (κ1) is 18.0. The van der Waals surface area contributed by atoms with Gasteiger partial charge in [0.05, 0.1) is 0 Å². The number of hydrogen-bond donors (Lipinski definition) is 2. The third-order valence-electron chi connectivity index (χ3n) is 3.73. The minimum Gasteiger partial charge on any atom is -0.356 e. The molecule has 1 aliphatic carbocycles. The van der Waals surface area contributed by atoms with Crippen LogP contribution in [0.5, 0.6) is 0 Å². The van der Waals surface area contributed by atoms with Crippen LogP contribution >= 0.6 is 24.0 Å². The van der Waals surface area contributed by atoms with Crippen molar-refractivity contribution in [1.29, 1.82) is 0 Å². The second kappa shape index (κ2) is 8.99. The summed E-state index contributed by atoms with van der Waals surface area (Å²) in [5, 5.41) is 6.85. The van der Waals surface area contributed by atoms with Crippen LogP contribution in [0.2, 0.25) is 0 Å². The summed E-state index contributed by atoms with van der Waals surface area (Å²) in [6, 6.07) is 0. The smallest absolute Gasteiger partial charge is 0.190 e. The average Bonchev–Trinajstić information content (AvgIpc) is 2.70. The molecule has 0 heterocycles. The predicted octanol–water partition coefficient (Wildman–Crippen LogP) is 3.40. The van der Waals surface area contributed by atoms with Crippen molar-refractivity contribution < 1.29 is 0 Å². The molecule has 0 radical (unpaired) electrons. The highest BCUT2D eigenvalue weighted by molar-refractivity contribution is 14.0. The summed E-state index contributed by atoms with van der Waals surface area (Å²) in [5.74, 6) is 1.70. The Morgan fingerprint density at radius 2 is 1.83 bits per heavy atom. The molecule has 1 fully saturated rings. The minimum absolute atomic E-state index is 0. The lowest BCUT2D eigenvalue weighted by Crippen LogP contribution is -2.42. The molecule has 0 aromatic carbocycles. The summed E-state index contributed by atoms with van der Waals surface area (Å²) >= 11 is 0. The SMILES string of the molecule is CN=C(NCCC(C)C)NCC1(C)CCCC1.I. The second-order valence-electron chi connectivity index (χ2n) is 6.05. The number of guanidine groups is 1. The number of nitrogens with one attached hydrogen (secondary N) is 2. The first-order chi connectivity index (χ1) is 8.06. The van der Waals surface area contributed by atoms with E-state index < -0.39 is 0 Å². The molecule has 1 saturated carbocycles. The summed E-state index contributed by atoms with van der Waals surface area (Å²) in [6.07, 6.45) is 6.67. The van der Waals surface area contributed by atoms with Crippen molar-refractivity contribution in [3.05, 3.63) is 0 Å². The van der Waals surface area contributed by atoms with Gasteiger partial charge in [-0.3, -0.25) is 4.99 Å². The topological polar surface area (TPSA) is 36.4 Å². The highest BCUT2D eigenvalue weighted by atomic mass is 127. The van der Waals surface area contributed by atoms with E-state index in [9.17, 15) is 0 Å². The van der Waals surface area contributed by atoms with E-state index in [0.717, 1.165) is 25.0 Å². The maximum atomic E-state index is 4.27. The van der Waals surface area contributed by atoms with Gasteiger partial charge in [0.1, 0.15) is 0 Å². The fourth-order valence-corrected chi connectivity index (χ4v) is 2.40. The van der Waals surface area contributed by atoms with E-state index in [1.165, 1.54) is 32.1 Å². The van der Waals surface area contributed by atoms with Crippen LogP contribution in [0.25, 0.3) is 0 Å². The van der Waals surface area contributed by atoms with E-state index in [2.05, 4.69) is 36.4 Å². The lowest BCUT2D eigenvalue weighted by atomic mass is 9.89. The maximum absolute atomic E-state index is 4.27. The van der Waals surface area contributed by atoms with Crippen molar-refractivity contribution in [2.45, 2.75) is 52.9 Å². The molecule has 4 heteroatoms. The van der Waals surface area contributed by atoms with Gasteiger partial charge in [-0.1, -0.05) is 33.6 Å². The first-order valence-corrected chi connectivity index (χ1v) is 7.00. The molecule has 0 amide bonds. The molecule has 2 N–H and O–H groups in total. The predicted molar refractivity (Wildman–Crippen MR) is 90.8 cm³/mol. The van der Waals surface area contributed by atoms with Gasteiger partial charge in [-0.15, -0.1) is 24.0 Å². The molecule has 0 bridgehead atoms. The summed E-state index contributed by atoms with van der Waals surface area (Å²) in [7, 11) is 1.85. The zero-order valence-electron chi connectivity index (χ0n) is 12.4. The van der Waals surface area contributed by atoms with Crippen molar-refractivity contribution in [2.24, 2.45) is 16.3 Å². The van der Waals surface area contributed by atoms with Crippen LogP contribution in [0.4, 0.5) is 0 Å². The maximum Gasteiger partial charge on any atom is 0.190 e. The first-order valence-electron chi connectivity index (χ1n) is 7.00. The molecule has 108 valence electrons. The van der Waals surface area contributed by atoms with Crippen molar-refractivity contribution >= 4 is 29.9 Å². The summed E-state index contributed by atoms with van der Waals surface area (Å²) < 4.78 is 0. The Bertz CT molecular complexity index is 245. The molecule has 0 aromatic heterocycles. The molecule has 1 aliphatic rings. The summed E-state index contributed by atoms with van der Waals surface area (Å²) in [4.78, 5) is 4.27. The van der Waals surface area contributed by atoms with Crippen molar-refractivity contribution in [1.82, 2.24) is 10.6 Å². The Hall–Kier alpha value is 0. The molecule has 0 spiro atoms. The molecule has 0 aromatic rings. The molecule has 18 heavy (non-hydrogen) atoms. The van der Waals surface area contributed by atoms with Crippen LogP contribution < -0.4 is 10.6 Å². The van der Waals surface area contributed by atoms with E-state index in [1.807, 2.05) is 7.05 Å². The van der Waals surface area contributed by atoms with Crippen LogP contribution in [0.1, 0.15) is 52.9 Å². The van der Waals surface area contributed by atoms with Crippen LogP contribution in [0.3, 0.4) is 0 Å². The van der Waals surface area contributed by atoms with Crippen LogP contribution in [0.15, 0.2) is 4.99 Å². The van der Waals surface area contributed by atoms with Gasteiger partial charge in [-0.25, -0.2) is 0 Å². The number of halogens is 1. The molecule has 3 nitrogen and oxygen atoms in total. The van der Waals surface area contributed by atoms with E-state index in [-0.39, 0.29) is 24.0 Å². The zero-order valence-corrected chi connectivity index (χ0v) is 14.7. The fraction of sp³-hybridized carbons (Fsp3) is 0.929. The van der Waals surface area contributed by atoms with Gasteiger partial charge >= 0.3 is 0 Å². The van der Waals surface area contributed by atoms with E-state index in [1.54, 1.807) is 0 Å². The van der Waals surface area contributed by atoms with Gasteiger partial charge in [-0.2, -0.15) is 0 Å². The third-order valence-corrected chi connectivity index (χ3v) is 3.73. The number of hydrogen-bond acceptors (Lipinski definition) is 1. The minimum atomic E-state index is 0. The van der Waals surface area contributed by atoms with Gasteiger partial charge < -0.3 is 10.6 Å². The molecule has 0 unspecified atom stereocenters. The van der Waals surface area contributed by atoms with Crippen molar-refractivity contribution in [3.63, 3.8) is 0 Å². The normalized spacial score (nSPS) is 18.6. The Morgan fingerprint density at radius 1 is 1.22 bits per heavy atom. The standard InChI is InChI=1S/C14H29N3.HI/c1-12(2)7-10-16-13(15-4)17-11-14(3)8-5-6-9-14;/h12H,5-11H2,1-4H3,(H2,15,16,17);1H. The van der Waals surface area contributed by atoms with Crippen LogP contribution in [0, 0.1) is 11.3 Å². The van der Waals surface area contributed by atoms with Crippen molar-refractivity contribution in [3.8, 4) is 0 Å². The Morgan fingerprint density at radius 3 is 2.33 bits per heavy atom. The highest BCUT2D eigenvalue weighted by Gasteiger charge is 2.28.